The second-order valence-electron chi connectivity index (χ2n) is 7.26. The van der Waals surface area contributed by atoms with E-state index in [9.17, 15) is 0 Å². The van der Waals surface area contributed by atoms with Crippen molar-refractivity contribution in [2.24, 2.45) is 0 Å². The van der Waals surface area contributed by atoms with Gasteiger partial charge in [0.25, 0.3) is 0 Å². The van der Waals surface area contributed by atoms with Gasteiger partial charge in [-0.05, 0) is 43.0 Å². The Hall–Kier alpha value is -2.63. The maximum absolute atomic E-state index is 5.40. The van der Waals surface area contributed by atoms with Crippen molar-refractivity contribution in [3.63, 3.8) is 0 Å². The minimum Gasteiger partial charge on any atom is -0.378 e. The lowest BCUT2D eigenvalue weighted by molar-refractivity contribution is 0.181. The van der Waals surface area contributed by atoms with Crippen LogP contribution in [-0.4, -0.2) is 23.6 Å². The predicted molar refractivity (Wildman–Crippen MR) is 120 cm³/mol. The quantitative estimate of drug-likeness (QED) is 0.643. The summed E-state index contributed by atoms with van der Waals surface area (Å²) in [4.78, 5) is 12.0. The van der Waals surface area contributed by atoms with E-state index in [-0.39, 0.29) is 12.4 Å². The SMILES string of the molecule is COCc1nc(Nc2ccccc2C)nc(N2CCc3ccccc3C2)c1C.Cl. The van der Waals surface area contributed by atoms with Gasteiger partial charge in [0.05, 0.1) is 12.3 Å². The molecule has 4 rings (SSSR count). The highest BCUT2D eigenvalue weighted by Crippen LogP contribution is 2.29. The smallest absolute Gasteiger partial charge is 0.229 e. The summed E-state index contributed by atoms with van der Waals surface area (Å²) < 4.78 is 5.40. The van der Waals surface area contributed by atoms with Gasteiger partial charge in [0.1, 0.15) is 5.82 Å². The third kappa shape index (κ3) is 4.52. The first kappa shape index (κ1) is 21.1. The van der Waals surface area contributed by atoms with Gasteiger partial charge < -0.3 is 15.0 Å². The minimum atomic E-state index is 0. The standard InChI is InChI=1S/C23H26N4O.ClH/c1-16-8-4-7-11-20(16)24-23-25-21(15-28-3)17(2)22(26-23)27-13-12-18-9-5-6-10-19(18)14-27;/h4-11H,12-15H2,1-3H3,(H,24,25,26);1H. The van der Waals surface area contributed by atoms with Crippen LogP contribution in [0.5, 0.6) is 0 Å². The summed E-state index contributed by atoms with van der Waals surface area (Å²) in [5.74, 6) is 1.59. The van der Waals surface area contributed by atoms with Gasteiger partial charge in [0.2, 0.25) is 5.95 Å². The van der Waals surface area contributed by atoms with Gasteiger partial charge in [-0.1, -0.05) is 42.5 Å². The monoisotopic (exact) mass is 410 g/mol. The van der Waals surface area contributed by atoms with Crippen molar-refractivity contribution in [1.82, 2.24) is 9.97 Å². The van der Waals surface area contributed by atoms with Gasteiger partial charge in [0, 0.05) is 31.5 Å². The first-order valence-corrected chi connectivity index (χ1v) is 9.66. The molecular weight excluding hydrogens is 384 g/mol. The van der Waals surface area contributed by atoms with Gasteiger partial charge in [0.15, 0.2) is 0 Å². The molecule has 0 radical (unpaired) electrons. The number of nitrogens with one attached hydrogen (secondary N) is 1. The molecule has 0 bridgehead atoms. The molecule has 1 aliphatic heterocycles. The van der Waals surface area contributed by atoms with Crippen LogP contribution in [0.2, 0.25) is 0 Å². The van der Waals surface area contributed by atoms with Crippen molar-refractivity contribution in [1.29, 1.82) is 0 Å². The Kier molecular flexibility index (Phi) is 6.72. The fraction of sp³-hybridized carbons (Fsp3) is 0.304. The van der Waals surface area contributed by atoms with Crippen LogP contribution in [0.25, 0.3) is 0 Å². The van der Waals surface area contributed by atoms with Crippen LogP contribution in [0.4, 0.5) is 17.5 Å². The maximum Gasteiger partial charge on any atom is 0.229 e. The number of halogens is 1. The molecule has 0 saturated carbocycles. The van der Waals surface area contributed by atoms with Crippen molar-refractivity contribution in [2.45, 2.75) is 33.4 Å². The number of aryl methyl sites for hydroxylation is 1. The van der Waals surface area contributed by atoms with Crippen molar-refractivity contribution in [3.8, 4) is 0 Å². The van der Waals surface area contributed by atoms with Crippen LogP contribution >= 0.6 is 12.4 Å². The summed E-state index contributed by atoms with van der Waals surface area (Å²) in [6, 6.07) is 16.8. The Bertz CT molecular complexity index is 992. The highest BCUT2D eigenvalue weighted by atomic mass is 35.5. The average molecular weight is 411 g/mol. The van der Waals surface area contributed by atoms with Gasteiger partial charge in [-0.3, -0.25) is 0 Å². The van der Waals surface area contributed by atoms with Crippen LogP contribution < -0.4 is 10.2 Å². The molecule has 3 aromatic rings. The van der Waals surface area contributed by atoms with E-state index in [0.29, 0.717) is 12.6 Å². The Balaban J connectivity index is 0.00000240. The summed E-state index contributed by atoms with van der Waals surface area (Å²) >= 11 is 0. The minimum absolute atomic E-state index is 0. The van der Waals surface area contributed by atoms with Crippen LogP contribution in [0.1, 0.15) is 27.9 Å². The van der Waals surface area contributed by atoms with Crippen LogP contribution in [0.3, 0.4) is 0 Å². The zero-order valence-electron chi connectivity index (χ0n) is 17.1. The van der Waals surface area contributed by atoms with E-state index in [4.69, 9.17) is 14.7 Å². The number of benzene rings is 2. The molecule has 29 heavy (non-hydrogen) atoms. The maximum atomic E-state index is 5.40. The Labute approximate surface area is 178 Å². The molecule has 2 aromatic carbocycles. The Morgan fingerprint density at radius 1 is 1.00 bits per heavy atom. The number of ether oxygens (including phenoxy) is 1. The number of fused-ring (bicyclic) bond motifs is 1. The molecule has 2 heterocycles. The van der Waals surface area contributed by atoms with E-state index >= 15 is 0 Å². The highest BCUT2D eigenvalue weighted by Gasteiger charge is 2.21. The summed E-state index contributed by atoms with van der Waals surface area (Å²) in [6.07, 6.45) is 1.03. The zero-order valence-corrected chi connectivity index (χ0v) is 17.9. The van der Waals surface area contributed by atoms with Crippen LogP contribution in [-0.2, 0) is 24.3 Å². The van der Waals surface area contributed by atoms with E-state index in [1.54, 1.807) is 7.11 Å². The Morgan fingerprint density at radius 2 is 1.72 bits per heavy atom. The van der Waals surface area contributed by atoms with Crippen molar-refractivity contribution in [2.75, 3.05) is 23.9 Å². The van der Waals surface area contributed by atoms with E-state index < -0.39 is 0 Å². The highest BCUT2D eigenvalue weighted by molar-refractivity contribution is 5.85. The second-order valence-corrected chi connectivity index (χ2v) is 7.26. The molecule has 6 heteroatoms. The molecular formula is C23H27ClN4O. The Morgan fingerprint density at radius 3 is 2.48 bits per heavy atom. The summed E-state index contributed by atoms with van der Waals surface area (Å²) in [5, 5.41) is 3.39. The number of anilines is 3. The van der Waals surface area contributed by atoms with E-state index in [2.05, 4.69) is 54.4 Å². The topological polar surface area (TPSA) is 50.3 Å². The normalized spacial score (nSPS) is 12.9. The molecule has 0 atom stereocenters. The van der Waals surface area contributed by atoms with Crippen molar-refractivity contribution in [3.05, 3.63) is 76.5 Å². The third-order valence-electron chi connectivity index (χ3n) is 5.32. The van der Waals surface area contributed by atoms with Crippen molar-refractivity contribution < 1.29 is 4.74 Å². The third-order valence-corrected chi connectivity index (χ3v) is 5.32. The first-order valence-electron chi connectivity index (χ1n) is 9.66. The van der Waals surface area contributed by atoms with Gasteiger partial charge in [-0.2, -0.15) is 4.98 Å². The number of hydrogen-bond donors (Lipinski definition) is 1. The zero-order chi connectivity index (χ0) is 19.5. The number of methoxy groups -OCH3 is 1. The van der Waals surface area contributed by atoms with Crippen LogP contribution in [0.15, 0.2) is 48.5 Å². The predicted octanol–water partition coefficient (Wildman–Crippen LogP) is 4.97. The molecule has 1 aromatic heterocycles. The van der Waals surface area contributed by atoms with E-state index in [1.165, 1.54) is 11.1 Å². The summed E-state index contributed by atoms with van der Waals surface area (Å²) in [7, 11) is 1.70. The number of nitrogens with zero attached hydrogens (tertiary/aromatic N) is 3. The number of hydrogen-bond acceptors (Lipinski definition) is 5. The number of aromatic nitrogens is 2. The van der Waals surface area contributed by atoms with Crippen LogP contribution in [0, 0.1) is 13.8 Å². The molecule has 0 unspecified atom stereocenters. The largest absolute Gasteiger partial charge is 0.378 e. The fourth-order valence-corrected chi connectivity index (χ4v) is 3.70. The molecule has 1 N–H and O–H groups in total. The van der Waals surface area contributed by atoms with Gasteiger partial charge in [-0.15, -0.1) is 12.4 Å². The van der Waals surface area contributed by atoms with Gasteiger partial charge >= 0.3 is 0 Å². The first-order chi connectivity index (χ1) is 13.7. The number of para-hydroxylation sites is 1. The average Bonchev–Trinajstić information content (AvgIpc) is 2.72. The van der Waals surface area contributed by atoms with E-state index in [0.717, 1.165) is 47.8 Å². The summed E-state index contributed by atoms with van der Waals surface area (Å²) in [5.41, 5.74) is 6.98. The fourth-order valence-electron chi connectivity index (χ4n) is 3.70. The molecule has 0 aliphatic carbocycles. The van der Waals surface area contributed by atoms with Crippen molar-refractivity contribution >= 4 is 29.9 Å². The molecule has 0 spiro atoms. The molecule has 0 saturated heterocycles. The molecule has 1 aliphatic rings. The lowest BCUT2D eigenvalue weighted by atomic mass is 9.99. The molecule has 0 fully saturated rings. The molecule has 152 valence electrons. The lowest BCUT2D eigenvalue weighted by Crippen LogP contribution is -2.32. The lowest BCUT2D eigenvalue weighted by Gasteiger charge is -2.31. The number of rotatable bonds is 5. The van der Waals surface area contributed by atoms with E-state index in [1.807, 2.05) is 18.2 Å². The van der Waals surface area contributed by atoms with Gasteiger partial charge in [-0.25, -0.2) is 4.98 Å². The molecule has 5 nitrogen and oxygen atoms in total. The molecule has 0 amide bonds. The summed E-state index contributed by atoms with van der Waals surface area (Å²) in [6.45, 7) is 6.44. The second kappa shape index (κ2) is 9.25.